The summed E-state index contributed by atoms with van der Waals surface area (Å²) in [4.78, 5) is 17.0. The zero-order chi connectivity index (χ0) is 22.1. The van der Waals surface area contributed by atoms with E-state index in [1.54, 1.807) is 24.3 Å². The predicted octanol–water partition coefficient (Wildman–Crippen LogP) is 6.89. The highest BCUT2D eigenvalue weighted by Gasteiger charge is 2.15. The van der Waals surface area contributed by atoms with Gasteiger partial charge >= 0.3 is 0 Å². The first-order chi connectivity index (χ1) is 14.8. The summed E-state index contributed by atoms with van der Waals surface area (Å²) in [6, 6.07) is 15.6. The normalized spacial score (nSPS) is 10.8. The molecule has 0 aliphatic rings. The van der Waals surface area contributed by atoms with E-state index in [9.17, 15) is 4.79 Å². The zero-order valence-electron chi connectivity index (χ0n) is 16.0. The largest absolute Gasteiger partial charge is 0.436 e. The van der Waals surface area contributed by atoms with E-state index in [1.165, 1.54) is 12.1 Å². The van der Waals surface area contributed by atoms with E-state index in [-0.39, 0.29) is 15.7 Å². The molecule has 1 aromatic heterocycles. The number of amides is 1. The second-order valence-electron chi connectivity index (χ2n) is 6.72. The number of halogens is 3. The van der Waals surface area contributed by atoms with Gasteiger partial charge in [-0.15, -0.1) is 0 Å². The van der Waals surface area contributed by atoms with Gasteiger partial charge in [0.15, 0.2) is 10.7 Å². The maximum absolute atomic E-state index is 12.5. The van der Waals surface area contributed by atoms with Crippen LogP contribution in [0.1, 0.15) is 15.9 Å². The number of hydrogen-bond acceptors (Lipinski definition) is 4. The van der Waals surface area contributed by atoms with E-state index in [4.69, 9.17) is 51.4 Å². The summed E-state index contributed by atoms with van der Waals surface area (Å²) in [7, 11) is 0. The van der Waals surface area contributed by atoms with Crippen LogP contribution in [0.5, 0.6) is 0 Å². The fraction of sp³-hybridized carbons (Fsp3) is 0.0455. The van der Waals surface area contributed by atoms with Gasteiger partial charge in [0.05, 0.1) is 21.3 Å². The first kappa shape index (κ1) is 21.6. The number of fused-ring (bicyclic) bond motifs is 1. The van der Waals surface area contributed by atoms with Gasteiger partial charge in [0, 0.05) is 10.6 Å². The lowest BCUT2D eigenvalue weighted by molar-refractivity contribution is 0.0978. The Kier molecular flexibility index (Phi) is 6.16. The summed E-state index contributed by atoms with van der Waals surface area (Å²) in [5, 5.41) is 6.59. The summed E-state index contributed by atoms with van der Waals surface area (Å²) >= 11 is 23.6. The molecule has 0 radical (unpaired) electrons. The number of rotatable bonds is 3. The highest BCUT2D eigenvalue weighted by Crippen LogP contribution is 2.31. The quantitative estimate of drug-likeness (QED) is 0.306. The van der Waals surface area contributed by atoms with E-state index in [1.807, 2.05) is 25.1 Å². The van der Waals surface area contributed by atoms with Crippen LogP contribution in [0.3, 0.4) is 0 Å². The highest BCUT2D eigenvalue weighted by atomic mass is 35.5. The lowest BCUT2D eigenvalue weighted by Crippen LogP contribution is -2.34. The summed E-state index contributed by atoms with van der Waals surface area (Å²) in [6.45, 7) is 1.98. The third-order valence-corrected chi connectivity index (χ3v) is 5.50. The molecule has 0 spiro atoms. The number of benzene rings is 3. The SMILES string of the molecule is Cc1ccc2nc(-c3ccc(Cl)c(NC(=S)NC(=O)c4cc(Cl)ccc4Cl)c3)oc2c1. The van der Waals surface area contributed by atoms with Crippen LogP contribution in [-0.4, -0.2) is 16.0 Å². The lowest BCUT2D eigenvalue weighted by Gasteiger charge is -2.12. The topological polar surface area (TPSA) is 67.2 Å². The second kappa shape index (κ2) is 8.85. The zero-order valence-corrected chi connectivity index (χ0v) is 19.1. The van der Waals surface area contributed by atoms with E-state index >= 15 is 0 Å². The Balaban J connectivity index is 1.55. The molecule has 156 valence electrons. The molecule has 2 N–H and O–H groups in total. The van der Waals surface area contributed by atoms with Crippen molar-refractivity contribution in [2.45, 2.75) is 6.92 Å². The van der Waals surface area contributed by atoms with Crippen molar-refractivity contribution in [2.24, 2.45) is 0 Å². The van der Waals surface area contributed by atoms with Gasteiger partial charge in [0.2, 0.25) is 5.89 Å². The van der Waals surface area contributed by atoms with Gasteiger partial charge in [0.1, 0.15) is 5.52 Å². The number of anilines is 1. The smallest absolute Gasteiger partial charge is 0.258 e. The Bertz CT molecular complexity index is 1340. The molecule has 1 amide bonds. The van der Waals surface area contributed by atoms with E-state index < -0.39 is 5.91 Å². The predicted molar refractivity (Wildman–Crippen MR) is 129 cm³/mol. The van der Waals surface area contributed by atoms with Crippen LogP contribution in [0.25, 0.3) is 22.6 Å². The molecule has 5 nitrogen and oxygen atoms in total. The summed E-state index contributed by atoms with van der Waals surface area (Å²) < 4.78 is 5.87. The van der Waals surface area contributed by atoms with Crippen LogP contribution in [-0.2, 0) is 0 Å². The number of aryl methyl sites for hydroxylation is 1. The van der Waals surface area contributed by atoms with Crippen LogP contribution < -0.4 is 10.6 Å². The van der Waals surface area contributed by atoms with Crippen molar-refractivity contribution < 1.29 is 9.21 Å². The summed E-state index contributed by atoms with van der Waals surface area (Å²) in [5.74, 6) is -0.0485. The first-order valence-corrected chi connectivity index (χ1v) is 10.6. The van der Waals surface area contributed by atoms with Gasteiger partial charge in [-0.05, 0) is 73.2 Å². The highest BCUT2D eigenvalue weighted by molar-refractivity contribution is 7.80. The number of aromatic nitrogens is 1. The lowest BCUT2D eigenvalue weighted by atomic mass is 10.2. The third kappa shape index (κ3) is 4.83. The van der Waals surface area contributed by atoms with E-state index in [0.29, 0.717) is 32.8 Å². The fourth-order valence-electron chi connectivity index (χ4n) is 2.90. The molecule has 0 atom stereocenters. The number of thiocarbonyl (C=S) groups is 1. The Hall–Kier alpha value is -2.64. The van der Waals surface area contributed by atoms with Crippen LogP contribution in [0.4, 0.5) is 5.69 Å². The Morgan fingerprint density at radius 3 is 2.58 bits per heavy atom. The van der Waals surface area contributed by atoms with Crippen LogP contribution in [0, 0.1) is 6.92 Å². The monoisotopic (exact) mass is 489 g/mol. The number of nitrogens with one attached hydrogen (secondary N) is 2. The van der Waals surface area contributed by atoms with Crippen molar-refractivity contribution >= 4 is 74.8 Å². The van der Waals surface area contributed by atoms with Crippen molar-refractivity contribution in [3.8, 4) is 11.5 Å². The van der Waals surface area contributed by atoms with Crippen molar-refractivity contribution in [2.75, 3.05) is 5.32 Å². The minimum atomic E-state index is -0.494. The average molecular weight is 491 g/mol. The fourth-order valence-corrected chi connectivity index (χ4v) is 3.65. The Labute approximate surface area is 198 Å². The molecular weight excluding hydrogens is 477 g/mol. The average Bonchev–Trinajstić information content (AvgIpc) is 3.14. The van der Waals surface area contributed by atoms with Crippen molar-refractivity contribution in [3.63, 3.8) is 0 Å². The van der Waals surface area contributed by atoms with Gasteiger partial charge in [-0.3, -0.25) is 10.1 Å². The summed E-state index contributed by atoms with van der Waals surface area (Å²) in [6.07, 6.45) is 0. The molecule has 31 heavy (non-hydrogen) atoms. The molecule has 0 saturated carbocycles. The molecule has 0 bridgehead atoms. The minimum absolute atomic E-state index is 0.0493. The maximum atomic E-state index is 12.5. The second-order valence-corrected chi connectivity index (χ2v) is 8.38. The molecule has 1 heterocycles. The number of hydrogen-bond donors (Lipinski definition) is 2. The molecule has 4 aromatic rings. The number of carbonyl (C=O) groups excluding carboxylic acids is 1. The minimum Gasteiger partial charge on any atom is -0.436 e. The Morgan fingerprint density at radius 2 is 1.77 bits per heavy atom. The third-order valence-electron chi connectivity index (χ3n) is 4.41. The number of nitrogens with zero attached hydrogens (tertiary/aromatic N) is 1. The van der Waals surface area contributed by atoms with Crippen LogP contribution in [0.2, 0.25) is 15.1 Å². The van der Waals surface area contributed by atoms with Crippen molar-refractivity contribution in [1.29, 1.82) is 0 Å². The number of oxazole rings is 1. The number of carbonyl (C=O) groups is 1. The molecule has 4 rings (SSSR count). The molecular formula is C22H14Cl3N3O2S. The van der Waals surface area contributed by atoms with Crippen molar-refractivity contribution in [3.05, 3.63) is 80.8 Å². The standard InChI is InChI=1S/C22H14Cl3N3O2S/c1-11-2-7-17-19(8-11)30-21(26-17)12-3-5-16(25)18(9-12)27-22(31)28-20(29)14-10-13(23)4-6-15(14)24/h2-10H,1H3,(H2,27,28,29,31). The van der Waals surface area contributed by atoms with Crippen LogP contribution in [0.15, 0.2) is 59.0 Å². The molecule has 0 unspecified atom stereocenters. The van der Waals surface area contributed by atoms with Crippen LogP contribution >= 0.6 is 47.0 Å². The van der Waals surface area contributed by atoms with Gasteiger partial charge in [-0.25, -0.2) is 4.98 Å². The molecule has 0 saturated heterocycles. The van der Waals surface area contributed by atoms with Crippen molar-refractivity contribution in [1.82, 2.24) is 10.3 Å². The van der Waals surface area contributed by atoms with Gasteiger partial charge < -0.3 is 9.73 Å². The van der Waals surface area contributed by atoms with Gasteiger partial charge in [0.25, 0.3) is 5.91 Å². The molecule has 0 aliphatic heterocycles. The van der Waals surface area contributed by atoms with E-state index in [2.05, 4.69) is 15.6 Å². The molecule has 9 heteroatoms. The Morgan fingerprint density at radius 1 is 1.00 bits per heavy atom. The van der Waals surface area contributed by atoms with Gasteiger partial charge in [-0.2, -0.15) is 0 Å². The van der Waals surface area contributed by atoms with Gasteiger partial charge in [-0.1, -0.05) is 40.9 Å². The summed E-state index contributed by atoms with van der Waals surface area (Å²) in [5.41, 5.74) is 3.93. The maximum Gasteiger partial charge on any atom is 0.258 e. The first-order valence-electron chi connectivity index (χ1n) is 9.04. The molecule has 0 aliphatic carbocycles. The molecule has 3 aromatic carbocycles. The molecule has 0 fully saturated rings. The van der Waals surface area contributed by atoms with E-state index in [0.717, 1.165) is 11.1 Å².